The predicted molar refractivity (Wildman–Crippen MR) is 70.3 cm³/mol. The number of likely N-dealkylation sites (tertiary alicyclic amines) is 1. The fraction of sp³-hybridized carbons (Fsp3) is 0.500. The Hall–Kier alpha value is -1.55. The highest BCUT2D eigenvalue weighted by atomic mass is 16.5. The SMILES string of the molecule is O=C(NCCN1CCCC1)OCc1ccccc1. The standard InChI is InChI=1S/C14H20N2O2/c17-14(15-8-11-16-9-4-5-10-16)18-12-13-6-2-1-3-7-13/h1-3,6-7H,4-5,8-12H2,(H,15,17). The van der Waals surface area contributed by atoms with Gasteiger partial charge in [0.15, 0.2) is 0 Å². The van der Waals surface area contributed by atoms with Crippen molar-refractivity contribution in [1.82, 2.24) is 10.2 Å². The van der Waals surface area contributed by atoms with Gasteiger partial charge in [0.05, 0.1) is 0 Å². The summed E-state index contributed by atoms with van der Waals surface area (Å²) in [6.07, 6.45) is 2.22. The zero-order chi connectivity index (χ0) is 12.6. The fourth-order valence-electron chi connectivity index (χ4n) is 2.10. The van der Waals surface area contributed by atoms with Crippen molar-refractivity contribution in [1.29, 1.82) is 0 Å². The van der Waals surface area contributed by atoms with Gasteiger partial charge in [-0.15, -0.1) is 0 Å². The number of benzene rings is 1. The minimum Gasteiger partial charge on any atom is -0.445 e. The molecule has 0 bridgehead atoms. The van der Waals surface area contributed by atoms with Crippen molar-refractivity contribution in [2.24, 2.45) is 0 Å². The molecule has 98 valence electrons. The first-order valence-electron chi connectivity index (χ1n) is 6.51. The summed E-state index contributed by atoms with van der Waals surface area (Å²) in [6.45, 7) is 4.21. The van der Waals surface area contributed by atoms with E-state index in [-0.39, 0.29) is 6.09 Å². The largest absolute Gasteiger partial charge is 0.445 e. The Bertz CT molecular complexity index is 361. The number of amides is 1. The Morgan fingerprint density at radius 1 is 1.22 bits per heavy atom. The molecule has 0 aromatic heterocycles. The van der Waals surface area contributed by atoms with Crippen LogP contribution in [0.15, 0.2) is 30.3 Å². The minimum atomic E-state index is -0.335. The topological polar surface area (TPSA) is 41.6 Å². The van der Waals surface area contributed by atoms with E-state index in [2.05, 4.69) is 10.2 Å². The van der Waals surface area contributed by atoms with Crippen molar-refractivity contribution in [2.45, 2.75) is 19.4 Å². The molecule has 1 aliphatic rings. The Kier molecular flexibility index (Phi) is 5.02. The quantitative estimate of drug-likeness (QED) is 0.866. The predicted octanol–water partition coefficient (Wildman–Crippen LogP) is 2.01. The Morgan fingerprint density at radius 2 is 1.94 bits per heavy atom. The van der Waals surface area contributed by atoms with Crippen LogP contribution in [0.5, 0.6) is 0 Å². The van der Waals surface area contributed by atoms with Crippen molar-refractivity contribution < 1.29 is 9.53 Å². The lowest BCUT2D eigenvalue weighted by molar-refractivity contribution is 0.138. The van der Waals surface area contributed by atoms with Crippen molar-refractivity contribution in [3.63, 3.8) is 0 Å². The van der Waals surface area contributed by atoms with Crippen LogP contribution >= 0.6 is 0 Å². The van der Waals surface area contributed by atoms with Crippen LogP contribution in [0, 0.1) is 0 Å². The van der Waals surface area contributed by atoms with Crippen LogP contribution in [0.3, 0.4) is 0 Å². The van der Waals surface area contributed by atoms with Crippen LogP contribution in [0.2, 0.25) is 0 Å². The number of ether oxygens (including phenoxy) is 1. The van der Waals surface area contributed by atoms with Crippen LogP contribution in [0.25, 0.3) is 0 Å². The van der Waals surface area contributed by atoms with Crippen LogP contribution in [-0.2, 0) is 11.3 Å². The van der Waals surface area contributed by atoms with Crippen LogP contribution in [-0.4, -0.2) is 37.2 Å². The number of carbonyl (C=O) groups is 1. The zero-order valence-corrected chi connectivity index (χ0v) is 10.6. The highest BCUT2D eigenvalue weighted by molar-refractivity contribution is 5.67. The number of alkyl carbamates (subject to hydrolysis) is 1. The zero-order valence-electron chi connectivity index (χ0n) is 10.6. The van der Waals surface area contributed by atoms with E-state index in [0.29, 0.717) is 13.2 Å². The number of hydrogen-bond acceptors (Lipinski definition) is 3. The molecule has 2 rings (SSSR count). The van der Waals surface area contributed by atoms with Gasteiger partial charge < -0.3 is 15.0 Å². The summed E-state index contributed by atoms with van der Waals surface area (Å²) in [7, 11) is 0. The second-order valence-corrected chi connectivity index (χ2v) is 4.54. The van der Waals surface area contributed by atoms with E-state index in [1.165, 1.54) is 12.8 Å². The summed E-state index contributed by atoms with van der Waals surface area (Å²) in [6, 6.07) is 9.70. The van der Waals surface area contributed by atoms with Gasteiger partial charge in [0.1, 0.15) is 6.61 Å². The van der Waals surface area contributed by atoms with Gasteiger partial charge in [0.2, 0.25) is 0 Å². The molecule has 0 atom stereocenters. The van der Waals surface area contributed by atoms with E-state index in [9.17, 15) is 4.79 Å². The molecule has 4 heteroatoms. The van der Waals surface area contributed by atoms with Crippen molar-refractivity contribution in [3.05, 3.63) is 35.9 Å². The van der Waals surface area contributed by atoms with Crippen LogP contribution in [0.1, 0.15) is 18.4 Å². The third-order valence-corrected chi connectivity index (χ3v) is 3.11. The second-order valence-electron chi connectivity index (χ2n) is 4.54. The number of hydrogen-bond donors (Lipinski definition) is 1. The highest BCUT2D eigenvalue weighted by Crippen LogP contribution is 2.05. The van der Waals surface area contributed by atoms with Gasteiger partial charge in [-0.1, -0.05) is 30.3 Å². The average molecular weight is 248 g/mol. The minimum absolute atomic E-state index is 0.330. The smallest absolute Gasteiger partial charge is 0.407 e. The number of rotatable bonds is 5. The Morgan fingerprint density at radius 3 is 2.67 bits per heavy atom. The lowest BCUT2D eigenvalue weighted by Gasteiger charge is -2.14. The number of nitrogens with one attached hydrogen (secondary N) is 1. The molecule has 18 heavy (non-hydrogen) atoms. The van der Waals surface area contributed by atoms with Gasteiger partial charge in [0.25, 0.3) is 0 Å². The first-order valence-corrected chi connectivity index (χ1v) is 6.51. The molecule has 1 aromatic carbocycles. The summed E-state index contributed by atoms with van der Waals surface area (Å²) in [5.41, 5.74) is 1.01. The van der Waals surface area contributed by atoms with E-state index >= 15 is 0 Å². The monoisotopic (exact) mass is 248 g/mol. The van der Waals surface area contributed by atoms with E-state index in [0.717, 1.165) is 25.2 Å². The first-order chi connectivity index (χ1) is 8.84. The summed E-state index contributed by atoms with van der Waals surface area (Å²) in [5, 5.41) is 2.78. The van der Waals surface area contributed by atoms with Gasteiger partial charge in [0, 0.05) is 13.1 Å². The van der Waals surface area contributed by atoms with E-state index < -0.39 is 0 Å². The van der Waals surface area contributed by atoms with Crippen molar-refractivity contribution >= 4 is 6.09 Å². The third-order valence-electron chi connectivity index (χ3n) is 3.11. The second kappa shape index (κ2) is 7.01. The van der Waals surface area contributed by atoms with Gasteiger partial charge in [-0.05, 0) is 31.5 Å². The van der Waals surface area contributed by atoms with E-state index in [4.69, 9.17) is 4.74 Å². The summed E-state index contributed by atoms with van der Waals surface area (Å²) in [4.78, 5) is 13.8. The Labute approximate surface area is 108 Å². The van der Waals surface area contributed by atoms with E-state index in [1.54, 1.807) is 0 Å². The molecule has 1 N–H and O–H groups in total. The highest BCUT2D eigenvalue weighted by Gasteiger charge is 2.11. The molecule has 4 nitrogen and oxygen atoms in total. The van der Waals surface area contributed by atoms with E-state index in [1.807, 2.05) is 30.3 Å². The lowest BCUT2D eigenvalue weighted by Crippen LogP contribution is -2.33. The van der Waals surface area contributed by atoms with Crippen LogP contribution < -0.4 is 5.32 Å². The number of nitrogens with zero attached hydrogens (tertiary/aromatic N) is 1. The molecule has 0 radical (unpaired) electrons. The van der Waals surface area contributed by atoms with Gasteiger partial charge in [-0.25, -0.2) is 4.79 Å². The Balaban J connectivity index is 1.57. The molecule has 1 heterocycles. The normalized spacial score (nSPS) is 15.6. The molecule has 1 amide bonds. The van der Waals surface area contributed by atoms with Crippen molar-refractivity contribution in [2.75, 3.05) is 26.2 Å². The molecule has 0 saturated carbocycles. The molecular formula is C14H20N2O2. The molecule has 1 fully saturated rings. The molecule has 0 aliphatic carbocycles. The molecule has 0 spiro atoms. The van der Waals surface area contributed by atoms with Gasteiger partial charge >= 0.3 is 6.09 Å². The summed E-state index contributed by atoms with van der Waals surface area (Å²) in [5.74, 6) is 0. The number of carbonyl (C=O) groups excluding carboxylic acids is 1. The summed E-state index contributed by atoms with van der Waals surface area (Å²) >= 11 is 0. The maximum Gasteiger partial charge on any atom is 0.407 e. The van der Waals surface area contributed by atoms with Crippen LogP contribution in [0.4, 0.5) is 4.79 Å². The third kappa shape index (κ3) is 4.37. The molecule has 1 aromatic rings. The average Bonchev–Trinajstić information content (AvgIpc) is 2.91. The molecule has 1 aliphatic heterocycles. The maximum absolute atomic E-state index is 11.4. The lowest BCUT2D eigenvalue weighted by atomic mass is 10.2. The molecule has 1 saturated heterocycles. The van der Waals surface area contributed by atoms with Gasteiger partial charge in [-0.2, -0.15) is 0 Å². The van der Waals surface area contributed by atoms with Gasteiger partial charge in [-0.3, -0.25) is 0 Å². The fourth-order valence-corrected chi connectivity index (χ4v) is 2.10. The molecule has 0 unspecified atom stereocenters. The summed E-state index contributed by atoms with van der Waals surface area (Å²) < 4.78 is 5.12. The molecular weight excluding hydrogens is 228 g/mol. The van der Waals surface area contributed by atoms with Crippen molar-refractivity contribution in [3.8, 4) is 0 Å². The first kappa shape index (κ1) is 12.9. The maximum atomic E-state index is 11.4.